The number of benzene rings is 1. The van der Waals surface area contributed by atoms with E-state index in [-0.39, 0.29) is 10.5 Å². The predicted octanol–water partition coefficient (Wildman–Crippen LogP) is 0.450. The second-order valence-electron chi connectivity index (χ2n) is 4.91. The fourth-order valence-corrected chi connectivity index (χ4v) is 3.12. The van der Waals surface area contributed by atoms with E-state index in [0.29, 0.717) is 5.75 Å². The predicted molar refractivity (Wildman–Crippen MR) is 85.8 cm³/mol. The Morgan fingerprint density at radius 1 is 1.32 bits per heavy atom. The zero-order valence-corrected chi connectivity index (χ0v) is 13.9. The molecule has 0 aliphatic carbocycles. The number of furan rings is 1. The molecule has 1 aromatic heterocycles. The quantitative estimate of drug-likeness (QED) is 0.615. The third-order valence-electron chi connectivity index (χ3n) is 3.20. The van der Waals surface area contributed by atoms with E-state index in [1.54, 1.807) is 6.07 Å². The number of nitrogens with one attached hydrogen (secondary N) is 2. The molecule has 9 nitrogen and oxygen atoms in total. The van der Waals surface area contributed by atoms with E-state index >= 15 is 0 Å². The summed E-state index contributed by atoms with van der Waals surface area (Å²) in [6.07, 6.45) is 2.47. The molecule has 134 valence electrons. The maximum Gasteiger partial charge on any atom is 0.323 e. The third-order valence-corrected chi connectivity index (χ3v) is 4.67. The number of carboxylic acids is 1. The Morgan fingerprint density at radius 2 is 2.08 bits per heavy atom. The lowest BCUT2D eigenvalue weighted by atomic mass is 10.3. The number of carbonyl (C=O) groups is 2. The van der Waals surface area contributed by atoms with Gasteiger partial charge in [0.15, 0.2) is 0 Å². The van der Waals surface area contributed by atoms with Crippen LogP contribution in [-0.2, 0) is 14.8 Å². The smallest absolute Gasteiger partial charge is 0.323 e. The summed E-state index contributed by atoms with van der Waals surface area (Å²) in [5, 5.41) is 11.5. The Hall–Kier alpha value is -2.85. The molecule has 0 spiro atoms. The van der Waals surface area contributed by atoms with E-state index in [1.807, 2.05) is 4.72 Å². The van der Waals surface area contributed by atoms with Gasteiger partial charge < -0.3 is 19.6 Å². The molecule has 1 heterocycles. The van der Waals surface area contributed by atoms with Crippen molar-refractivity contribution in [3.8, 4) is 5.75 Å². The molecule has 2 rings (SSSR count). The zero-order valence-electron chi connectivity index (χ0n) is 13.1. The normalized spacial score (nSPS) is 12.4. The number of ether oxygens (including phenoxy) is 1. The number of hydrogen-bond acceptors (Lipinski definition) is 6. The number of amides is 1. The molecule has 0 radical (unpaired) electrons. The monoisotopic (exact) mass is 368 g/mol. The molecule has 3 N–H and O–H groups in total. The highest BCUT2D eigenvalue weighted by atomic mass is 32.2. The van der Waals surface area contributed by atoms with Crippen molar-refractivity contribution in [2.45, 2.75) is 10.9 Å². The summed E-state index contributed by atoms with van der Waals surface area (Å²) < 4.78 is 36.4. The van der Waals surface area contributed by atoms with Crippen molar-refractivity contribution in [1.29, 1.82) is 0 Å². The highest BCUT2D eigenvalue weighted by Crippen LogP contribution is 2.17. The van der Waals surface area contributed by atoms with Crippen molar-refractivity contribution in [3.05, 3.63) is 48.4 Å². The lowest BCUT2D eigenvalue weighted by molar-refractivity contribution is -0.138. The minimum Gasteiger partial charge on any atom is -0.497 e. The van der Waals surface area contributed by atoms with Gasteiger partial charge in [0.25, 0.3) is 5.91 Å². The van der Waals surface area contributed by atoms with E-state index in [4.69, 9.17) is 9.15 Å². The molecule has 25 heavy (non-hydrogen) atoms. The topological polar surface area (TPSA) is 135 Å². The van der Waals surface area contributed by atoms with Crippen LogP contribution in [0.15, 0.2) is 52.2 Å². The molecule has 1 amide bonds. The van der Waals surface area contributed by atoms with Crippen LogP contribution in [0.5, 0.6) is 5.75 Å². The van der Waals surface area contributed by atoms with Gasteiger partial charge >= 0.3 is 5.97 Å². The van der Waals surface area contributed by atoms with Gasteiger partial charge in [0.05, 0.1) is 23.8 Å². The Balaban J connectivity index is 2.09. The lowest BCUT2D eigenvalue weighted by Gasteiger charge is -2.15. The first-order valence-electron chi connectivity index (χ1n) is 7.03. The van der Waals surface area contributed by atoms with Gasteiger partial charge in [-0.15, -0.1) is 0 Å². The second-order valence-corrected chi connectivity index (χ2v) is 6.63. The van der Waals surface area contributed by atoms with Crippen LogP contribution in [0.1, 0.15) is 10.4 Å². The van der Waals surface area contributed by atoms with Gasteiger partial charge in [0.1, 0.15) is 18.1 Å². The first-order chi connectivity index (χ1) is 11.8. The number of sulfonamides is 1. The van der Waals surface area contributed by atoms with Crippen LogP contribution < -0.4 is 14.8 Å². The van der Waals surface area contributed by atoms with Crippen molar-refractivity contribution < 1.29 is 32.3 Å². The van der Waals surface area contributed by atoms with E-state index in [0.717, 1.165) is 0 Å². The Morgan fingerprint density at radius 3 is 2.68 bits per heavy atom. The number of rotatable bonds is 8. The van der Waals surface area contributed by atoms with Crippen molar-refractivity contribution in [1.82, 2.24) is 10.0 Å². The Labute approximate surface area is 143 Å². The highest BCUT2D eigenvalue weighted by Gasteiger charge is 2.26. The number of carbonyl (C=O) groups excluding carboxylic acids is 1. The molecule has 0 aliphatic rings. The molecule has 0 aliphatic heterocycles. The second kappa shape index (κ2) is 7.81. The molecule has 10 heteroatoms. The first kappa shape index (κ1) is 18.5. The summed E-state index contributed by atoms with van der Waals surface area (Å²) >= 11 is 0. The summed E-state index contributed by atoms with van der Waals surface area (Å²) in [4.78, 5) is 22.9. The van der Waals surface area contributed by atoms with Crippen molar-refractivity contribution in [3.63, 3.8) is 0 Å². The Bertz CT molecular complexity index is 847. The summed E-state index contributed by atoms with van der Waals surface area (Å²) in [6.45, 7) is -0.442. The highest BCUT2D eigenvalue weighted by molar-refractivity contribution is 7.89. The van der Waals surface area contributed by atoms with Crippen molar-refractivity contribution in [2.75, 3.05) is 13.7 Å². The minimum atomic E-state index is -4.12. The summed E-state index contributed by atoms with van der Waals surface area (Å²) in [7, 11) is -2.74. The number of methoxy groups -OCH3 is 1. The molecule has 1 atom stereocenters. The Kier molecular flexibility index (Phi) is 5.78. The van der Waals surface area contributed by atoms with E-state index in [1.165, 1.54) is 43.9 Å². The summed E-state index contributed by atoms with van der Waals surface area (Å²) in [6, 6.07) is 5.42. The maximum atomic E-state index is 12.3. The SMILES string of the molecule is COc1cccc(S(=O)(=O)N[C@H](CNC(=O)c2ccoc2)C(=O)O)c1. The van der Waals surface area contributed by atoms with E-state index in [2.05, 4.69) is 5.32 Å². The lowest BCUT2D eigenvalue weighted by Crippen LogP contribution is -2.48. The van der Waals surface area contributed by atoms with Gasteiger partial charge in [-0.3, -0.25) is 9.59 Å². The van der Waals surface area contributed by atoms with Gasteiger partial charge in [-0.1, -0.05) is 6.07 Å². The van der Waals surface area contributed by atoms with E-state index in [9.17, 15) is 23.1 Å². The fourth-order valence-electron chi connectivity index (χ4n) is 1.89. The molecule has 0 fully saturated rings. The molecule has 0 unspecified atom stereocenters. The molecular formula is C15H16N2O7S. The van der Waals surface area contributed by atoms with Gasteiger partial charge in [-0.25, -0.2) is 8.42 Å². The largest absolute Gasteiger partial charge is 0.497 e. The molecule has 2 aromatic rings. The summed E-state index contributed by atoms with van der Waals surface area (Å²) in [5.74, 6) is -1.71. The third kappa shape index (κ3) is 4.81. The molecule has 0 saturated carbocycles. The van der Waals surface area contributed by atoms with Crippen LogP contribution >= 0.6 is 0 Å². The molecule has 1 aromatic carbocycles. The van der Waals surface area contributed by atoms with Gasteiger partial charge in [0, 0.05) is 12.6 Å². The van der Waals surface area contributed by atoms with Gasteiger partial charge in [-0.05, 0) is 18.2 Å². The standard InChI is InChI=1S/C15H16N2O7S/c1-23-11-3-2-4-12(7-11)25(21,22)17-13(15(19)20)8-16-14(18)10-5-6-24-9-10/h2-7,9,13,17H,8H2,1H3,(H,16,18)(H,19,20)/t13-/m1/s1. The van der Waals surface area contributed by atoms with Crippen LogP contribution in [-0.4, -0.2) is 45.1 Å². The molecular weight excluding hydrogens is 352 g/mol. The summed E-state index contributed by atoms with van der Waals surface area (Å²) in [5.41, 5.74) is 0.194. The number of aliphatic carboxylic acids is 1. The first-order valence-corrected chi connectivity index (χ1v) is 8.51. The molecule has 0 saturated heterocycles. The number of carboxylic acid groups (broad SMARTS) is 1. The number of hydrogen-bond donors (Lipinski definition) is 3. The van der Waals surface area contributed by atoms with Gasteiger partial charge in [0.2, 0.25) is 10.0 Å². The van der Waals surface area contributed by atoms with Crippen LogP contribution in [0, 0.1) is 0 Å². The van der Waals surface area contributed by atoms with Crippen LogP contribution in [0.2, 0.25) is 0 Å². The zero-order chi connectivity index (χ0) is 18.4. The van der Waals surface area contributed by atoms with Crippen LogP contribution in [0.25, 0.3) is 0 Å². The van der Waals surface area contributed by atoms with Crippen LogP contribution in [0.3, 0.4) is 0 Å². The van der Waals surface area contributed by atoms with Crippen molar-refractivity contribution >= 4 is 21.9 Å². The molecule has 0 bridgehead atoms. The average Bonchev–Trinajstić information content (AvgIpc) is 3.12. The van der Waals surface area contributed by atoms with Crippen molar-refractivity contribution in [2.24, 2.45) is 0 Å². The fraction of sp³-hybridized carbons (Fsp3) is 0.200. The minimum absolute atomic E-state index is 0.153. The van der Waals surface area contributed by atoms with Gasteiger partial charge in [-0.2, -0.15) is 4.72 Å². The van der Waals surface area contributed by atoms with E-state index < -0.39 is 34.5 Å². The maximum absolute atomic E-state index is 12.3. The average molecular weight is 368 g/mol. The van der Waals surface area contributed by atoms with Crippen LogP contribution in [0.4, 0.5) is 0 Å².